The molecule has 3 aromatic carbocycles. The van der Waals surface area contributed by atoms with Gasteiger partial charge in [-0.05, 0) is 97.3 Å². The van der Waals surface area contributed by atoms with Crippen molar-refractivity contribution < 1.29 is 36.7 Å². The number of aromatic nitrogens is 1. The summed E-state index contributed by atoms with van der Waals surface area (Å²) in [6.45, 7) is 1.77. The van der Waals surface area contributed by atoms with Crippen LogP contribution in [-0.4, -0.2) is 49.6 Å². The van der Waals surface area contributed by atoms with Gasteiger partial charge < -0.3 is 19.8 Å². The van der Waals surface area contributed by atoms with Crippen LogP contribution in [0.2, 0.25) is 0 Å². The van der Waals surface area contributed by atoms with Crippen molar-refractivity contribution in [2.45, 2.75) is 34.4 Å². The monoisotopic (exact) mass is 750 g/mol. The summed E-state index contributed by atoms with van der Waals surface area (Å²) >= 11 is 2.72. The van der Waals surface area contributed by atoms with Crippen LogP contribution in [0.15, 0.2) is 81.4 Å². The van der Waals surface area contributed by atoms with Crippen LogP contribution in [0, 0.1) is 35.4 Å². The third kappa shape index (κ3) is 5.73. The van der Waals surface area contributed by atoms with Crippen molar-refractivity contribution in [2.24, 2.45) is 34.7 Å². The standard InChI is InChI=1S/C35H31FN4O8S3/c1-2-47-24-13-16(3-12-23(24)48-15-25(41)38-18-6-10-20(11-7-18)51(37,45)46)26-27-21-14-22(30(27)49-32-31(26)50-35(44)39-32)29-28(21)33(42)40(34(29)43)19-8-4-17(36)5-9-19/h3-13,21-22,26-30H,2,14-15H2,1H3,(H,38,41)(H,39,44)(H2,37,45,46)/t21-,22-,26-,27?,28?,29?,30?/m1/s1. The Kier molecular flexibility index (Phi) is 8.32. The van der Waals surface area contributed by atoms with E-state index in [1.165, 1.54) is 53.4 Å². The number of nitrogens with two attached hydrogens (primary N) is 1. The highest BCUT2D eigenvalue weighted by atomic mass is 32.2. The highest BCUT2D eigenvalue weighted by molar-refractivity contribution is 8.00. The second-order valence-electron chi connectivity index (χ2n) is 13.0. The lowest BCUT2D eigenvalue weighted by atomic mass is 9.68. The summed E-state index contributed by atoms with van der Waals surface area (Å²) in [6.07, 6.45) is 0.710. The van der Waals surface area contributed by atoms with E-state index < -0.39 is 33.6 Å². The van der Waals surface area contributed by atoms with Crippen LogP contribution in [0.5, 0.6) is 11.5 Å². The first kappa shape index (κ1) is 33.6. The molecule has 2 bridgehead atoms. The summed E-state index contributed by atoms with van der Waals surface area (Å²) in [4.78, 5) is 58.1. The third-order valence-electron chi connectivity index (χ3n) is 10.3. The maximum Gasteiger partial charge on any atom is 0.305 e. The SMILES string of the molecule is CCOc1cc([C@H]2c3sc(=O)[nH]c3SC3C2[C@H]2C[C@@H]3C3C(=O)N(c4ccc(F)cc4)C(=O)C32)ccc1OCC(=O)Nc1ccc(S(N)(=O)=O)cc1. The molecule has 7 atom stereocenters. The summed E-state index contributed by atoms with van der Waals surface area (Å²) in [6, 6.07) is 16.3. The zero-order valence-electron chi connectivity index (χ0n) is 26.9. The number of halogens is 1. The van der Waals surface area contributed by atoms with Crippen molar-refractivity contribution >= 4 is 62.2 Å². The minimum atomic E-state index is -3.87. The first-order valence-electron chi connectivity index (χ1n) is 16.3. The Morgan fingerprint density at radius 3 is 2.37 bits per heavy atom. The number of thioether (sulfide) groups is 1. The number of amides is 3. The molecule has 16 heteroatoms. The molecule has 1 saturated heterocycles. The van der Waals surface area contributed by atoms with Crippen LogP contribution in [0.4, 0.5) is 15.8 Å². The van der Waals surface area contributed by atoms with Crippen molar-refractivity contribution in [3.8, 4) is 11.5 Å². The van der Waals surface area contributed by atoms with Crippen LogP contribution in [-0.2, 0) is 24.4 Å². The highest BCUT2D eigenvalue weighted by Crippen LogP contribution is 2.68. The van der Waals surface area contributed by atoms with Gasteiger partial charge in [-0.1, -0.05) is 17.4 Å². The number of H-pyrrole nitrogens is 1. The van der Waals surface area contributed by atoms with E-state index in [-0.39, 0.29) is 57.1 Å². The fraction of sp³-hybridized carbons (Fsp3) is 0.314. The van der Waals surface area contributed by atoms with Gasteiger partial charge in [0.25, 0.3) is 5.91 Å². The fourth-order valence-electron chi connectivity index (χ4n) is 8.41. The summed E-state index contributed by atoms with van der Waals surface area (Å²) < 4.78 is 48.6. The molecule has 12 nitrogen and oxygen atoms in total. The van der Waals surface area contributed by atoms with E-state index in [4.69, 9.17) is 14.6 Å². The fourth-order valence-corrected chi connectivity index (χ4v) is 11.8. The van der Waals surface area contributed by atoms with E-state index >= 15 is 0 Å². The smallest absolute Gasteiger partial charge is 0.305 e. The lowest BCUT2D eigenvalue weighted by Crippen LogP contribution is -2.42. The van der Waals surface area contributed by atoms with Crippen molar-refractivity contribution in [3.05, 3.63) is 92.7 Å². The molecule has 3 fully saturated rings. The van der Waals surface area contributed by atoms with E-state index in [2.05, 4.69) is 10.3 Å². The van der Waals surface area contributed by atoms with Gasteiger partial charge in [0.05, 0.1) is 34.1 Å². The maximum atomic E-state index is 14.0. The number of nitrogens with zero attached hydrogens (tertiary/aromatic N) is 1. The lowest BCUT2D eigenvalue weighted by Gasteiger charge is -2.43. The number of rotatable bonds is 9. The Bertz CT molecular complexity index is 2240. The first-order valence-corrected chi connectivity index (χ1v) is 19.5. The number of thiazole rings is 1. The number of imide groups is 1. The first-order chi connectivity index (χ1) is 24.4. The summed E-state index contributed by atoms with van der Waals surface area (Å²) in [5.41, 5.74) is 1.58. The van der Waals surface area contributed by atoms with Gasteiger partial charge in [-0.15, -0.1) is 11.8 Å². The molecular formula is C35H31FN4O8S3. The molecule has 4 N–H and O–H groups in total. The lowest BCUT2D eigenvalue weighted by molar-refractivity contribution is -0.123. The highest BCUT2D eigenvalue weighted by Gasteiger charge is 2.69. The van der Waals surface area contributed by atoms with E-state index in [9.17, 15) is 32.0 Å². The van der Waals surface area contributed by atoms with E-state index in [1.807, 2.05) is 19.1 Å². The molecule has 2 aliphatic carbocycles. The van der Waals surface area contributed by atoms with Gasteiger partial charge in [0.15, 0.2) is 18.1 Å². The second kappa shape index (κ2) is 12.6. The zero-order valence-corrected chi connectivity index (χ0v) is 29.4. The maximum absolute atomic E-state index is 14.0. The number of carbonyl (C=O) groups is 3. The minimum Gasteiger partial charge on any atom is -0.490 e. The second-order valence-corrected chi connectivity index (χ2v) is 16.8. The number of hydrogen-bond acceptors (Lipinski definition) is 10. The van der Waals surface area contributed by atoms with E-state index in [1.54, 1.807) is 17.8 Å². The predicted molar refractivity (Wildman–Crippen MR) is 187 cm³/mol. The van der Waals surface area contributed by atoms with Gasteiger partial charge in [-0.2, -0.15) is 0 Å². The molecular weight excluding hydrogens is 720 g/mol. The molecule has 0 radical (unpaired) electrons. The molecule has 0 spiro atoms. The van der Waals surface area contributed by atoms with E-state index in [0.29, 0.717) is 35.9 Å². The van der Waals surface area contributed by atoms with Crippen molar-refractivity contribution in [3.63, 3.8) is 0 Å². The molecule has 4 aromatic rings. The molecule has 4 unspecified atom stereocenters. The third-order valence-corrected chi connectivity index (χ3v) is 13.8. The Balaban J connectivity index is 1.07. The normalized spacial score (nSPS) is 26.1. The Hall–Kier alpha value is -4.51. The number of sulfonamides is 1. The Labute approximate surface area is 299 Å². The number of anilines is 2. The van der Waals surface area contributed by atoms with Gasteiger partial charge in [-0.3, -0.25) is 24.1 Å². The Morgan fingerprint density at radius 1 is 0.980 bits per heavy atom. The molecule has 51 heavy (non-hydrogen) atoms. The molecule has 4 aliphatic rings. The summed E-state index contributed by atoms with van der Waals surface area (Å²) in [7, 11) is -3.87. The number of fused-ring (bicyclic) bond motifs is 9. The van der Waals surface area contributed by atoms with Gasteiger partial charge in [0.1, 0.15) is 5.82 Å². The molecule has 2 saturated carbocycles. The number of nitrogens with one attached hydrogen (secondary N) is 2. The summed E-state index contributed by atoms with van der Waals surface area (Å²) in [5, 5.41) is 8.53. The summed E-state index contributed by atoms with van der Waals surface area (Å²) in [5.74, 6) is -2.28. The van der Waals surface area contributed by atoms with Crippen molar-refractivity contribution in [1.29, 1.82) is 0 Å². The topological polar surface area (TPSA) is 178 Å². The molecule has 2 aliphatic heterocycles. The van der Waals surface area contributed by atoms with Gasteiger partial charge in [0.2, 0.25) is 21.8 Å². The molecule has 3 heterocycles. The predicted octanol–water partition coefficient (Wildman–Crippen LogP) is 4.32. The number of primary sulfonamides is 1. The average Bonchev–Trinajstić information content (AvgIpc) is 3.83. The number of aromatic amines is 1. The van der Waals surface area contributed by atoms with Crippen LogP contribution >= 0.6 is 23.1 Å². The van der Waals surface area contributed by atoms with Crippen molar-refractivity contribution in [2.75, 3.05) is 23.4 Å². The quantitative estimate of drug-likeness (QED) is 0.210. The van der Waals surface area contributed by atoms with Crippen LogP contribution < -0.4 is 29.7 Å². The van der Waals surface area contributed by atoms with Crippen LogP contribution in [0.3, 0.4) is 0 Å². The zero-order chi connectivity index (χ0) is 35.8. The van der Waals surface area contributed by atoms with Gasteiger partial charge in [-0.25, -0.2) is 17.9 Å². The molecule has 8 rings (SSSR count). The van der Waals surface area contributed by atoms with Crippen molar-refractivity contribution in [1.82, 2.24) is 4.98 Å². The van der Waals surface area contributed by atoms with Gasteiger partial charge in [0, 0.05) is 21.7 Å². The van der Waals surface area contributed by atoms with Crippen LogP contribution in [0.25, 0.3) is 0 Å². The number of carbonyl (C=O) groups excluding carboxylic acids is 3. The number of ether oxygens (including phenoxy) is 2. The largest absolute Gasteiger partial charge is 0.490 e. The van der Waals surface area contributed by atoms with Gasteiger partial charge >= 0.3 is 4.87 Å². The minimum absolute atomic E-state index is 0.0295. The Morgan fingerprint density at radius 2 is 1.69 bits per heavy atom. The van der Waals surface area contributed by atoms with Crippen LogP contribution in [0.1, 0.15) is 29.7 Å². The number of benzene rings is 3. The molecule has 3 amide bonds. The average molecular weight is 751 g/mol. The van der Waals surface area contributed by atoms with E-state index in [0.717, 1.165) is 26.8 Å². The number of hydrogen-bond donors (Lipinski definition) is 3. The molecule has 264 valence electrons. The molecule has 1 aromatic heterocycles.